The highest BCUT2D eigenvalue weighted by Crippen LogP contribution is 2.38. The first-order chi connectivity index (χ1) is 13.7. The van der Waals surface area contributed by atoms with Gasteiger partial charge in [0, 0.05) is 11.7 Å². The van der Waals surface area contributed by atoms with Gasteiger partial charge in [-0.15, -0.1) is 0 Å². The molecule has 1 atom stereocenters. The zero-order valence-electron chi connectivity index (χ0n) is 16.7. The number of rotatable bonds is 5. The van der Waals surface area contributed by atoms with E-state index in [1.807, 2.05) is 25.1 Å². The molecule has 5 nitrogen and oxygen atoms in total. The summed E-state index contributed by atoms with van der Waals surface area (Å²) in [4.78, 5) is 15.1. The van der Waals surface area contributed by atoms with Gasteiger partial charge >= 0.3 is 0 Å². The average molecular weight is 380 g/mol. The number of benzene rings is 2. The van der Waals surface area contributed by atoms with E-state index in [1.54, 1.807) is 0 Å². The molecular weight excluding hydrogens is 352 g/mol. The maximum Gasteiger partial charge on any atom is 0.238 e. The second-order valence-corrected chi connectivity index (χ2v) is 7.54. The molecule has 5 heteroatoms. The number of hydrogen-bond donors (Lipinski definition) is 1. The van der Waals surface area contributed by atoms with Crippen molar-refractivity contribution in [3.63, 3.8) is 0 Å². The molecule has 2 aliphatic heterocycles. The van der Waals surface area contributed by atoms with Gasteiger partial charge in [0.05, 0.1) is 6.54 Å². The number of likely N-dealkylation sites (tertiary alicyclic amines) is 1. The SMILES string of the molecule is CCc1cccc(C)c1NC(=O)CN1CCC[C@@H]1c1ccc2c(c1)OCCO2. The molecule has 2 heterocycles. The fourth-order valence-corrected chi connectivity index (χ4v) is 4.23. The molecule has 4 rings (SSSR count). The number of carbonyl (C=O) groups excluding carboxylic acids is 1. The fraction of sp³-hybridized carbons (Fsp3) is 0.435. The number of carbonyl (C=O) groups is 1. The summed E-state index contributed by atoms with van der Waals surface area (Å²) in [5.74, 6) is 1.67. The maximum absolute atomic E-state index is 12.8. The topological polar surface area (TPSA) is 50.8 Å². The summed E-state index contributed by atoms with van der Waals surface area (Å²) in [5, 5.41) is 3.15. The van der Waals surface area contributed by atoms with Crippen molar-refractivity contribution in [2.45, 2.75) is 39.2 Å². The van der Waals surface area contributed by atoms with Crippen LogP contribution >= 0.6 is 0 Å². The van der Waals surface area contributed by atoms with E-state index in [2.05, 4.69) is 35.3 Å². The Labute approximate surface area is 166 Å². The van der Waals surface area contributed by atoms with E-state index in [0.717, 1.165) is 48.6 Å². The van der Waals surface area contributed by atoms with Gasteiger partial charge in [0.15, 0.2) is 11.5 Å². The van der Waals surface area contributed by atoms with E-state index < -0.39 is 0 Å². The van der Waals surface area contributed by atoms with Crippen LogP contribution in [-0.4, -0.2) is 37.1 Å². The first kappa shape index (κ1) is 18.8. The molecule has 0 aliphatic carbocycles. The Kier molecular flexibility index (Phi) is 5.53. The number of anilines is 1. The molecule has 1 saturated heterocycles. The van der Waals surface area contributed by atoms with E-state index in [1.165, 1.54) is 11.1 Å². The summed E-state index contributed by atoms with van der Waals surface area (Å²) in [6, 6.07) is 12.6. The Balaban J connectivity index is 1.46. The second-order valence-electron chi connectivity index (χ2n) is 7.54. The number of ether oxygens (including phenoxy) is 2. The summed E-state index contributed by atoms with van der Waals surface area (Å²) in [5.41, 5.74) is 4.44. The molecule has 28 heavy (non-hydrogen) atoms. The van der Waals surface area contributed by atoms with E-state index in [9.17, 15) is 4.79 Å². The third kappa shape index (κ3) is 3.85. The van der Waals surface area contributed by atoms with Crippen LogP contribution in [0.2, 0.25) is 0 Å². The zero-order chi connectivity index (χ0) is 19.5. The smallest absolute Gasteiger partial charge is 0.238 e. The highest BCUT2D eigenvalue weighted by atomic mass is 16.6. The largest absolute Gasteiger partial charge is 0.486 e. The number of aryl methyl sites for hydroxylation is 2. The molecule has 0 saturated carbocycles. The Bertz CT molecular complexity index is 865. The molecule has 0 spiro atoms. The monoisotopic (exact) mass is 380 g/mol. The summed E-state index contributed by atoms with van der Waals surface area (Å²) >= 11 is 0. The van der Waals surface area contributed by atoms with Crippen LogP contribution in [0.5, 0.6) is 11.5 Å². The van der Waals surface area contributed by atoms with Crippen LogP contribution in [0.15, 0.2) is 36.4 Å². The molecule has 0 unspecified atom stereocenters. The van der Waals surface area contributed by atoms with Crippen molar-refractivity contribution in [2.75, 3.05) is 31.6 Å². The number of hydrogen-bond acceptors (Lipinski definition) is 4. The maximum atomic E-state index is 12.8. The van der Waals surface area contributed by atoms with Gasteiger partial charge in [0.25, 0.3) is 0 Å². The van der Waals surface area contributed by atoms with Crippen LogP contribution in [0.4, 0.5) is 5.69 Å². The minimum absolute atomic E-state index is 0.0495. The minimum Gasteiger partial charge on any atom is -0.486 e. The van der Waals surface area contributed by atoms with E-state index in [0.29, 0.717) is 19.8 Å². The van der Waals surface area contributed by atoms with Crippen molar-refractivity contribution < 1.29 is 14.3 Å². The third-order valence-electron chi connectivity index (χ3n) is 5.67. The molecule has 2 aromatic carbocycles. The average Bonchev–Trinajstić information content (AvgIpc) is 3.17. The van der Waals surface area contributed by atoms with E-state index in [4.69, 9.17) is 9.47 Å². The van der Waals surface area contributed by atoms with Crippen LogP contribution in [-0.2, 0) is 11.2 Å². The lowest BCUT2D eigenvalue weighted by Gasteiger charge is -2.26. The number of nitrogens with one attached hydrogen (secondary N) is 1. The Morgan fingerprint density at radius 2 is 2.00 bits per heavy atom. The van der Waals surface area contributed by atoms with Gasteiger partial charge in [-0.1, -0.05) is 31.2 Å². The normalized spacial score (nSPS) is 18.9. The van der Waals surface area contributed by atoms with Crippen molar-refractivity contribution in [3.8, 4) is 11.5 Å². The number of para-hydroxylation sites is 1. The lowest BCUT2D eigenvalue weighted by molar-refractivity contribution is -0.117. The molecule has 2 aromatic rings. The Morgan fingerprint density at radius 1 is 1.18 bits per heavy atom. The predicted molar refractivity (Wildman–Crippen MR) is 110 cm³/mol. The number of amides is 1. The fourth-order valence-electron chi connectivity index (χ4n) is 4.23. The number of nitrogens with zero attached hydrogens (tertiary/aromatic N) is 1. The van der Waals surface area contributed by atoms with Gasteiger partial charge in [-0.3, -0.25) is 9.69 Å². The zero-order valence-corrected chi connectivity index (χ0v) is 16.7. The van der Waals surface area contributed by atoms with Gasteiger partial charge in [-0.05, 0) is 61.6 Å². The minimum atomic E-state index is 0.0495. The standard InChI is InChI=1S/C23H28N2O3/c1-3-17-7-4-6-16(2)23(17)24-22(26)15-25-11-5-8-19(25)18-9-10-20-21(14-18)28-13-12-27-20/h4,6-7,9-10,14,19H,3,5,8,11-13,15H2,1-2H3,(H,24,26)/t19-/m1/s1. The summed E-state index contributed by atoms with van der Waals surface area (Å²) in [6.45, 7) is 6.67. The van der Waals surface area contributed by atoms with Crippen molar-refractivity contribution in [3.05, 3.63) is 53.1 Å². The third-order valence-corrected chi connectivity index (χ3v) is 5.67. The molecular formula is C23H28N2O3. The van der Waals surface area contributed by atoms with Crippen LogP contribution in [0, 0.1) is 6.92 Å². The lowest BCUT2D eigenvalue weighted by Crippen LogP contribution is -2.33. The van der Waals surface area contributed by atoms with Crippen LogP contribution < -0.4 is 14.8 Å². The molecule has 1 amide bonds. The van der Waals surface area contributed by atoms with Crippen LogP contribution in [0.3, 0.4) is 0 Å². The highest BCUT2D eigenvalue weighted by Gasteiger charge is 2.29. The first-order valence-electron chi connectivity index (χ1n) is 10.2. The van der Waals surface area contributed by atoms with Gasteiger partial charge in [-0.2, -0.15) is 0 Å². The van der Waals surface area contributed by atoms with Crippen molar-refractivity contribution in [1.29, 1.82) is 0 Å². The summed E-state index contributed by atoms with van der Waals surface area (Å²) < 4.78 is 11.4. The molecule has 0 bridgehead atoms. The van der Waals surface area contributed by atoms with Crippen LogP contribution in [0.1, 0.15) is 42.5 Å². The van der Waals surface area contributed by atoms with E-state index in [-0.39, 0.29) is 11.9 Å². The summed E-state index contributed by atoms with van der Waals surface area (Å²) in [6.07, 6.45) is 3.05. The molecule has 1 N–H and O–H groups in total. The second kappa shape index (κ2) is 8.23. The molecule has 2 aliphatic rings. The van der Waals surface area contributed by atoms with Gasteiger partial charge < -0.3 is 14.8 Å². The lowest BCUT2D eigenvalue weighted by atomic mass is 10.0. The van der Waals surface area contributed by atoms with Crippen LogP contribution in [0.25, 0.3) is 0 Å². The molecule has 0 radical (unpaired) electrons. The van der Waals surface area contributed by atoms with Gasteiger partial charge in [0.2, 0.25) is 5.91 Å². The molecule has 0 aromatic heterocycles. The van der Waals surface area contributed by atoms with Crippen molar-refractivity contribution >= 4 is 11.6 Å². The quantitative estimate of drug-likeness (QED) is 0.848. The molecule has 148 valence electrons. The summed E-state index contributed by atoms with van der Waals surface area (Å²) in [7, 11) is 0. The van der Waals surface area contributed by atoms with Gasteiger partial charge in [-0.25, -0.2) is 0 Å². The number of fused-ring (bicyclic) bond motifs is 1. The van der Waals surface area contributed by atoms with E-state index >= 15 is 0 Å². The Morgan fingerprint density at radius 3 is 2.82 bits per heavy atom. The van der Waals surface area contributed by atoms with Crippen molar-refractivity contribution in [1.82, 2.24) is 4.90 Å². The highest BCUT2D eigenvalue weighted by molar-refractivity contribution is 5.93. The van der Waals surface area contributed by atoms with Gasteiger partial charge in [0.1, 0.15) is 13.2 Å². The van der Waals surface area contributed by atoms with Crippen molar-refractivity contribution in [2.24, 2.45) is 0 Å². The molecule has 1 fully saturated rings. The first-order valence-corrected chi connectivity index (χ1v) is 10.2. The Hall–Kier alpha value is -2.53. The predicted octanol–water partition coefficient (Wildman–Crippen LogP) is 4.10.